The van der Waals surface area contributed by atoms with Crippen LogP contribution in [-0.4, -0.2) is 12.1 Å². The Labute approximate surface area is 55.6 Å². The molecule has 9 heavy (non-hydrogen) atoms. The van der Waals surface area contributed by atoms with Gasteiger partial charge >= 0.3 is 6.03 Å². The molecule has 0 aromatic carbocycles. The molecule has 0 aliphatic carbocycles. The highest BCUT2D eigenvalue weighted by Gasteiger charge is 2.02. The normalized spacial score (nSPS) is 9.67. The lowest BCUT2D eigenvalue weighted by atomic mass is 10.2. The lowest BCUT2D eigenvalue weighted by Gasteiger charge is -2.11. The Morgan fingerprint density at radius 1 is 1.89 bits per heavy atom. The molecule has 53 valence electrons. The maximum atomic E-state index is 10.2. The molecule has 1 atom stereocenters. The molecule has 0 rings (SSSR count). The van der Waals surface area contributed by atoms with E-state index in [9.17, 15) is 4.79 Å². The predicted octanol–water partition coefficient (Wildman–Crippen LogP) is 0.657. The number of carbonyl (C=O) groups excluding carboxylic acids is 1. The molecule has 3 nitrogen and oxygen atoms in total. The predicted molar refractivity (Wildman–Crippen MR) is 36.8 cm³/mol. The second kappa shape index (κ2) is 4.18. The van der Waals surface area contributed by atoms with Gasteiger partial charge in [0.1, 0.15) is 0 Å². The lowest BCUT2D eigenvalue weighted by molar-refractivity contribution is 0.245. The summed E-state index contributed by atoms with van der Waals surface area (Å²) in [5.74, 6) is 0. The average molecular weight is 129 g/mol. The number of rotatable bonds is 3. The van der Waals surface area contributed by atoms with Gasteiger partial charge in [-0.1, -0.05) is 13.8 Å². The third-order valence-corrected chi connectivity index (χ3v) is 1.19. The number of primary amides is 1. The van der Waals surface area contributed by atoms with E-state index in [0.29, 0.717) is 6.42 Å². The lowest BCUT2D eigenvalue weighted by Crippen LogP contribution is -2.37. The zero-order valence-corrected chi connectivity index (χ0v) is 5.68. The first-order chi connectivity index (χ1) is 4.20. The Balaban J connectivity index is 3.43. The first-order valence-electron chi connectivity index (χ1n) is 3.06. The fourth-order valence-corrected chi connectivity index (χ4v) is 0.580. The van der Waals surface area contributed by atoms with Gasteiger partial charge in [0.2, 0.25) is 0 Å². The molecule has 0 aromatic rings. The van der Waals surface area contributed by atoms with Gasteiger partial charge in [0.05, 0.1) is 0 Å². The second-order valence-electron chi connectivity index (χ2n) is 1.90. The summed E-state index contributed by atoms with van der Waals surface area (Å²) in [6, 6.07) is -0.326. The van der Waals surface area contributed by atoms with E-state index >= 15 is 0 Å². The van der Waals surface area contributed by atoms with Crippen LogP contribution < -0.4 is 11.1 Å². The summed E-state index contributed by atoms with van der Waals surface area (Å²) in [4.78, 5) is 10.2. The SMILES string of the molecule is [CH2]CC(CC)NC(N)=O. The molecule has 0 saturated carbocycles. The molecule has 0 heterocycles. The highest BCUT2D eigenvalue weighted by Crippen LogP contribution is 1.93. The molecular formula is C6H13N2O. The van der Waals surface area contributed by atoms with E-state index in [1.807, 2.05) is 6.92 Å². The van der Waals surface area contributed by atoms with Gasteiger partial charge in [0.25, 0.3) is 0 Å². The van der Waals surface area contributed by atoms with Crippen LogP contribution in [0.1, 0.15) is 19.8 Å². The van der Waals surface area contributed by atoms with E-state index in [2.05, 4.69) is 12.2 Å². The Morgan fingerprint density at radius 3 is 2.56 bits per heavy atom. The molecule has 3 N–H and O–H groups in total. The molecule has 0 saturated heterocycles. The van der Waals surface area contributed by atoms with Crippen molar-refractivity contribution in [1.82, 2.24) is 5.32 Å². The van der Waals surface area contributed by atoms with Crippen molar-refractivity contribution in [2.24, 2.45) is 5.73 Å². The van der Waals surface area contributed by atoms with Crippen LogP contribution in [0.5, 0.6) is 0 Å². The molecule has 0 spiro atoms. The van der Waals surface area contributed by atoms with Crippen LogP contribution in [0.3, 0.4) is 0 Å². The maximum absolute atomic E-state index is 10.2. The first kappa shape index (κ1) is 8.27. The van der Waals surface area contributed by atoms with Gasteiger partial charge in [-0.25, -0.2) is 4.79 Å². The van der Waals surface area contributed by atoms with Crippen LogP contribution in [0.4, 0.5) is 4.79 Å². The molecule has 0 aromatic heterocycles. The average Bonchev–Trinajstić information content (AvgIpc) is 1.82. The number of amides is 2. The Morgan fingerprint density at radius 2 is 2.44 bits per heavy atom. The van der Waals surface area contributed by atoms with Gasteiger partial charge in [-0.05, 0) is 12.8 Å². The Kier molecular flexibility index (Phi) is 3.84. The topological polar surface area (TPSA) is 55.1 Å². The van der Waals surface area contributed by atoms with E-state index in [0.717, 1.165) is 6.42 Å². The zero-order valence-electron chi connectivity index (χ0n) is 5.68. The second-order valence-corrected chi connectivity index (χ2v) is 1.90. The van der Waals surface area contributed by atoms with Gasteiger partial charge < -0.3 is 11.1 Å². The number of hydrogen-bond acceptors (Lipinski definition) is 1. The smallest absolute Gasteiger partial charge is 0.312 e. The molecule has 0 fully saturated rings. The van der Waals surface area contributed by atoms with E-state index < -0.39 is 6.03 Å². The fraction of sp³-hybridized carbons (Fsp3) is 0.667. The molecular weight excluding hydrogens is 116 g/mol. The van der Waals surface area contributed by atoms with Gasteiger partial charge in [-0.3, -0.25) is 0 Å². The summed E-state index contributed by atoms with van der Waals surface area (Å²) >= 11 is 0. The van der Waals surface area contributed by atoms with Gasteiger partial charge in [-0.15, -0.1) is 0 Å². The van der Waals surface area contributed by atoms with E-state index in [4.69, 9.17) is 5.73 Å². The monoisotopic (exact) mass is 129 g/mol. The number of nitrogens with two attached hydrogens (primary N) is 1. The van der Waals surface area contributed by atoms with Crippen molar-refractivity contribution >= 4 is 6.03 Å². The van der Waals surface area contributed by atoms with Crippen molar-refractivity contribution in [2.45, 2.75) is 25.8 Å². The quantitative estimate of drug-likeness (QED) is 0.577. The molecule has 2 amide bonds. The molecule has 1 radical (unpaired) electrons. The molecule has 3 heteroatoms. The molecule has 1 unspecified atom stereocenters. The third-order valence-electron chi connectivity index (χ3n) is 1.19. The molecule has 0 aliphatic rings. The van der Waals surface area contributed by atoms with Crippen LogP contribution in [0.2, 0.25) is 0 Å². The van der Waals surface area contributed by atoms with Crippen molar-refractivity contribution in [1.29, 1.82) is 0 Å². The van der Waals surface area contributed by atoms with E-state index in [-0.39, 0.29) is 6.04 Å². The van der Waals surface area contributed by atoms with Crippen LogP contribution in [0, 0.1) is 6.92 Å². The molecule has 0 aliphatic heterocycles. The van der Waals surface area contributed by atoms with Crippen LogP contribution in [0.15, 0.2) is 0 Å². The largest absolute Gasteiger partial charge is 0.352 e. The first-order valence-corrected chi connectivity index (χ1v) is 3.06. The van der Waals surface area contributed by atoms with Crippen molar-refractivity contribution in [3.8, 4) is 0 Å². The van der Waals surface area contributed by atoms with Crippen molar-refractivity contribution in [3.63, 3.8) is 0 Å². The van der Waals surface area contributed by atoms with E-state index in [1.165, 1.54) is 0 Å². The van der Waals surface area contributed by atoms with Gasteiger partial charge in [0, 0.05) is 6.04 Å². The summed E-state index contributed by atoms with van der Waals surface area (Å²) in [6.07, 6.45) is 1.58. The van der Waals surface area contributed by atoms with Crippen molar-refractivity contribution in [2.75, 3.05) is 0 Å². The minimum absolute atomic E-state index is 0.141. The van der Waals surface area contributed by atoms with Crippen LogP contribution in [-0.2, 0) is 0 Å². The van der Waals surface area contributed by atoms with Gasteiger partial charge in [0.15, 0.2) is 0 Å². The number of hydrogen-bond donors (Lipinski definition) is 2. The number of nitrogens with one attached hydrogen (secondary N) is 1. The van der Waals surface area contributed by atoms with Crippen molar-refractivity contribution < 1.29 is 4.79 Å². The minimum Gasteiger partial charge on any atom is -0.352 e. The maximum Gasteiger partial charge on any atom is 0.312 e. The third kappa shape index (κ3) is 3.82. The standard InChI is InChI=1S/C6H13N2O/c1-3-5(4-2)8-6(7)9/h5H,1,3-4H2,2H3,(H3,7,8,9). The summed E-state index contributed by atoms with van der Waals surface area (Å²) in [5.41, 5.74) is 4.87. The van der Waals surface area contributed by atoms with Crippen molar-refractivity contribution in [3.05, 3.63) is 6.92 Å². The van der Waals surface area contributed by atoms with Gasteiger partial charge in [-0.2, -0.15) is 0 Å². The summed E-state index contributed by atoms with van der Waals surface area (Å²) in [5, 5.41) is 2.56. The zero-order chi connectivity index (χ0) is 7.28. The van der Waals surface area contributed by atoms with E-state index in [1.54, 1.807) is 0 Å². The summed E-state index contributed by atoms with van der Waals surface area (Å²) in [6.45, 7) is 5.62. The number of urea groups is 1. The van der Waals surface area contributed by atoms with Crippen LogP contribution >= 0.6 is 0 Å². The highest BCUT2D eigenvalue weighted by atomic mass is 16.2. The number of carbonyl (C=O) groups is 1. The Bertz CT molecular complexity index is 89.1. The molecule has 0 bridgehead atoms. The van der Waals surface area contributed by atoms with Crippen LogP contribution in [0.25, 0.3) is 0 Å². The minimum atomic E-state index is -0.467. The summed E-state index contributed by atoms with van der Waals surface area (Å²) < 4.78 is 0. The highest BCUT2D eigenvalue weighted by molar-refractivity contribution is 5.71. The fourth-order valence-electron chi connectivity index (χ4n) is 0.580. The summed E-state index contributed by atoms with van der Waals surface area (Å²) in [7, 11) is 0. The Hall–Kier alpha value is -0.730.